The Morgan fingerprint density at radius 2 is 1.87 bits per heavy atom. The number of halogens is 3. The monoisotopic (exact) mass is 226 g/mol. The highest BCUT2D eigenvalue weighted by Gasteiger charge is 2.30. The van der Waals surface area contributed by atoms with Gasteiger partial charge in [0.25, 0.3) is 0 Å². The first-order valence-corrected chi connectivity index (χ1v) is 5.38. The molecule has 0 heterocycles. The summed E-state index contributed by atoms with van der Waals surface area (Å²) in [7, 11) is 0. The van der Waals surface area contributed by atoms with Gasteiger partial charge in [-0.25, -0.2) is 0 Å². The van der Waals surface area contributed by atoms with E-state index < -0.39 is 12.7 Å². The smallest absolute Gasteiger partial charge is 0.330 e. The number of nitrogens with zero attached hydrogens (tertiary/aromatic N) is 1. The maximum atomic E-state index is 12.2. The van der Waals surface area contributed by atoms with Gasteiger partial charge in [-0.05, 0) is 38.4 Å². The van der Waals surface area contributed by atoms with E-state index in [0.717, 1.165) is 12.8 Å². The number of rotatable bonds is 7. The molecule has 5 heteroatoms. The van der Waals surface area contributed by atoms with E-state index in [9.17, 15) is 13.2 Å². The highest BCUT2D eigenvalue weighted by Crippen LogP contribution is 2.17. The highest BCUT2D eigenvalue weighted by atomic mass is 19.4. The van der Waals surface area contributed by atoms with Gasteiger partial charge in [-0.15, -0.1) is 0 Å². The Bertz CT molecular complexity index is 159. The Labute approximate surface area is 89.6 Å². The highest BCUT2D eigenvalue weighted by molar-refractivity contribution is 4.65. The van der Waals surface area contributed by atoms with Crippen LogP contribution in [-0.4, -0.2) is 37.3 Å². The second-order valence-electron chi connectivity index (χ2n) is 4.02. The molecule has 0 spiro atoms. The zero-order valence-electron chi connectivity index (χ0n) is 9.48. The van der Waals surface area contributed by atoms with E-state index in [4.69, 9.17) is 5.73 Å². The fourth-order valence-electron chi connectivity index (χ4n) is 1.36. The van der Waals surface area contributed by atoms with E-state index in [0.29, 0.717) is 19.6 Å². The zero-order valence-corrected chi connectivity index (χ0v) is 9.48. The molecule has 0 saturated carbocycles. The molecule has 2 N–H and O–H groups in total. The van der Waals surface area contributed by atoms with Gasteiger partial charge in [0.05, 0.1) is 6.54 Å². The standard InChI is InChI=1S/C10H21F3N2/c1-3-5-15(8-10(11,12)13)6-4-9(2)7-14/h9H,3-8,14H2,1-2H3. The van der Waals surface area contributed by atoms with Gasteiger partial charge < -0.3 is 5.73 Å². The lowest BCUT2D eigenvalue weighted by Gasteiger charge is -2.24. The number of hydrogen-bond donors (Lipinski definition) is 1. The molecule has 0 amide bonds. The first-order chi connectivity index (χ1) is 6.89. The van der Waals surface area contributed by atoms with Crippen LogP contribution in [0.3, 0.4) is 0 Å². The molecule has 0 aliphatic heterocycles. The van der Waals surface area contributed by atoms with Crippen molar-refractivity contribution in [3.05, 3.63) is 0 Å². The molecule has 0 aliphatic rings. The van der Waals surface area contributed by atoms with Crippen molar-refractivity contribution in [1.82, 2.24) is 4.90 Å². The summed E-state index contributed by atoms with van der Waals surface area (Å²) in [4.78, 5) is 1.45. The van der Waals surface area contributed by atoms with Crippen molar-refractivity contribution in [2.45, 2.75) is 32.9 Å². The van der Waals surface area contributed by atoms with Gasteiger partial charge in [-0.1, -0.05) is 13.8 Å². The van der Waals surface area contributed by atoms with Crippen LogP contribution in [0.2, 0.25) is 0 Å². The predicted octanol–water partition coefficient (Wildman–Crippen LogP) is 2.25. The van der Waals surface area contributed by atoms with Gasteiger partial charge in [-0.2, -0.15) is 13.2 Å². The Kier molecular flexibility index (Phi) is 6.92. The molecule has 1 unspecified atom stereocenters. The lowest BCUT2D eigenvalue weighted by Crippen LogP contribution is -2.36. The summed E-state index contributed by atoms with van der Waals surface area (Å²) in [5.41, 5.74) is 5.42. The third-order valence-electron chi connectivity index (χ3n) is 2.28. The summed E-state index contributed by atoms with van der Waals surface area (Å²) >= 11 is 0. The largest absolute Gasteiger partial charge is 0.401 e. The van der Waals surface area contributed by atoms with E-state index in [1.54, 1.807) is 0 Å². The first kappa shape index (κ1) is 14.7. The van der Waals surface area contributed by atoms with Crippen molar-refractivity contribution in [3.63, 3.8) is 0 Å². The van der Waals surface area contributed by atoms with Gasteiger partial charge in [0.15, 0.2) is 0 Å². The van der Waals surface area contributed by atoms with E-state index in [1.165, 1.54) is 4.90 Å². The summed E-state index contributed by atoms with van der Waals surface area (Å²) in [6, 6.07) is 0. The molecular formula is C10H21F3N2. The molecule has 0 fully saturated rings. The fourth-order valence-corrected chi connectivity index (χ4v) is 1.36. The molecule has 0 radical (unpaired) electrons. The van der Waals surface area contributed by atoms with Crippen molar-refractivity contribution >= 4 is 0 Å². The van der Waals surface area contributed by atoms with E-state index in [1.807, 2.05) is 13.8 Å². The van der Waals surface area contributed by atoms with Crippen molar-refractivity contribution in [2.75, 3.05) is 26.2 Å². The quantitative estimate of drug-likeness (QED) is 0.721. The summed E-state index contributed by atoms with van der Waals surface area (Å²) in [5, 5.41) is 0. The first-order valence-electron chi connectivity index (χ1n) is 5.38. The Morgan fingerprint density at radius 1 is 1.27 bits per heavy atom. The van der Waals surface area contributed by atoms with Gasteiger partial charge in [0.2, 0.25) is 0 Å². The molecular weight excluding hydrogens is 205 g/mol. The molecule has 92 valence electrons. The van der Waals surface area contributed by atoms with Gasteiger partial charge in [0.1, 0.15) is 0 Å². The van der Waals surface area contributed by atoms with Crippen LogP contribution in [-0.2, 0) is 0 Å². The van der Waals surface area contributed by atoms with Crippen LogP contribution in [0, 0.1) is 5.92 Å². The Hall–Kier alpha value is -0.290. The van der Waals surface area contributed by atoms with Crippen LogP contribution in [0.25, 0.3) is 0 Å². The molecule has 0 bridgehead atoms. The summed E-state index contributed by atoms with van der Waals surface area (Å²) in [6.07, 6.45) is -2.62. The summed E-state index contributed by atoms with van der Waals surface area (Å²) in [5.74, 6) is 0.289. The Morgan fingerprint density at radius 3 is 2.27 bits per heavy atom. The number of hydrogen-bond acceptors (Lipinski definition) is 2. The van der Waals surface area contributed by atoms with Crippen molar-refractivity contribution in [3.8, 4) is 0 Å². The molecule has 0 saturated heterocycles. The zero-order chi connectivity index (χ0) is 11.9. The maximum Gasteiger partial charge on any atom is 0.401 e. The topological polar surface area (TPSA) is 29.3 Å². The molecule has 0 aliphatic carbocycles. The number of alkyl halides is 3. The summed E-state index contributed by atoms with van der Waals surface area (Å²) < 4.78 is 36.5. The van der Waals surface area contributed by atoms with Crippen LogP contribution in [0.5, 0.6) is 0 Å². The van der Waals surface area contributed by atoms with Crippen LogP contribution in [0.15, 0.2) is 0 Å². The minimum absolute atomic E-state index is 0.289. The average Bonchev–Trinajstić information content (AvgIpc) is 2.11. The third-order valence-corrected chi connectivity index (χ3v) is 2.28. The normalized spacial score (nSPS) is 14.6. The van der Waals surface area contributed by atoms with Gasteiger partial charge >= 0.3 is 6.18 Å². The fraction of sp³-hybridized carbons (Fsp3) is 1.00. The van der Waals surface area contributed by atoms with Crippen LogP contribution < -0.4 is 5.73 Å². The Balaban J connectivity index is 3.93. The number of nitrogens with two attached hydrogens (primary N) is 1. The second-order valence-corrected chi connectivity index (χ2v) is 4.02. The van der Waals surface area contributed by atoms with Gasteiger partial charge in [-0.3, -0.25) is 4.90 Å². The van der Waals surface area contributed by atoms with Crippen LogP contribution in [0.1, 0.15) is 26.7 Å². The van der Waals surface area contributed by atoms with E-state index in [-0.39, 0.29) is 5.92 Å². The minimum Gasteiger partial charge on any atom is -0.330 e. The lowest BCUT2D eigenvalue weighted by molar-refractivity contribution is -0.146. The third kappa shape index (κ3) is 8.69. The molecule has 0 aromatic heterocycles. The average molecular weight is 226 g/mol. The molecule has 0 aromatic rings. The van der Waals surface area contributed by atoms with Crippen molar-refractivity contribution < 1.29 is 13.2 Å². The van der Waals surface area contributed by atoms with E-state index in [2.05, 4.69) is 0 Å². The predicted molar refractivity (Wildman–Crippen MR) is 55.6 cm³/mol. The van der Waals surface area contributed by atoms with Crippen LogP contribution in [0.4, 0.5) is 13.2 Å². The van der Waals surface area contributed by atoms with Crippen molar-refractivity contribution in [1.29, 1.82) is 0 Å². The second kappa shape index (κ2) is 7.06. The SMILES string of the molecule is CCCN(CCC(C)CN)CC(F)(F)F. The minimum atomic E-state index is -4.10. The summed E-state index contributed by atoms with van der Waals surface area (Å²) in [6.45, 7) is 4.54. The molecule has 2 nitrogen and oxygen atoms in total. The van der Waals surface area contributed by atoms with Crippen LogP contribution >= 0.6 is 0 Å². The molecule has 1 atom stereocenters. The van der Waals surface area contributed by atoms with E-state index >= 15 is 0 Å². The van der Waals surface area contributed by atoms with Crippen molar-refractivity contribution in [2.24, 2.45) is 11.7 Å². The molecule has 0 aromatic carbocycles. The molecule has 0 rings (SSSR count). The molecule has 15 heavy (non-hydrogen) atoms. The van der Waals surface area contributed by atoms with Gasteiger partial charge in [0, 0.05) is 0 Å². The lowest BCUT2D eigenvalue weighted by atomic mass is 10.1. The maximum absolute atomic E-state index is 12.2.